The predicted octanol–water partition coefficient (Wildman–Crippen LogP) is 2.93. The van der Waals surface area contributed by atoms with E-state index in [2.05, 4.69) is 25.5 Å². The van der Waals surface area contributed by atoms with Gasteiger partial charge in [-0.25, -0.2) is 4.98 Å². The highest BCUT2D eigenvalue weighted by Gasteiger charge is 2.04. The van der Waals surface area contributed by atoms with Gasteiger partial charge in [0.05, 0.1) is 25.2 Å². The molecule has 2 N–H and O–H groups in total. The number of aryl methyl sites for hydroxylation is 1. The molecule has 0 aliphatic rings. The third-order valence-corrected chi connectivity index (χ3v) is 2.98. The lowest BCUT2D eigenvalue weighted by Gasteiger charge is -2.05. The highest BCUT2D eigenvalue weighted by molar-refractivity contribution is 5.62. The van der Waals surface area contributed by atoms with E-state index in [4.69, 9.17) is 4.74 Å². The lowest BCUT2D eigenvalue weighted by Crippen LogP contribution is -1.96. The zero-order valence-electron chi connectivity index (χ0n) is 11.8. The quantitative estimate of drug-likeness (QED) is 0.769. The lowest BCUT2D eigenvalue weighted by molar-refractivity contribution is 0.415. The molecule has 0 spiro atoms. The average Bonchev–Trinajstić information content (AvgIpc) is 2.93. The number of hydrogen-bond donors (Lipinski definition) is 2. The molecule has 0 aliphatic heterocycles. The van der Waals surface area contributed by atoms with Crippen molar-refractivity contribution < 1.29 is 4.74 Å². The van der Waals surface area contributed by atoms with Gasteiger partial charge in [-0.1, -0.05) is 0 Å². The number of benzene rings is 1. The van der Waals surface area contributed by atoms with Crippen LogP contribution in [0.4, 0.5) is 11.6 Å². The van der Waals surface area contributed by atoms with Gasteiger partial charge in [-0.05, 0) is 31.2 Å². The number of nitrogens with one attached hydrogen (secondary N) is 2. The van der Waals surface area contributed by atoms with Gasteiger partial charge in [-0.3, -0.25) is 10.1 Å². The van der Waals surface area contributed by atoms with Gasteiger partial charge in [0.2, 0.25) is 0 Å². The minimum atomic E-state index is 0.648. The first-order chi connectivity index (χ1) is 10.2. The van der Waals surface area contributed by atoms with Gasteiger partial charge in [0, 0.05) is 17.3 Å². The molecule has 0 unspecified atom stereocenters. The fourth-order valence-electron chi connectivity index (χ4n) is 1.94. The second-order valence-electron chi connectivity index (χ2n) is 4.58. The van der Waals surface area contributed by atoms with Gasteiger partial charge in [0.25, 0.3) is 0 Å². The number of rotatable bonds is 4. The van der Waals surface area contributed by atoms with Crippen LogP contribution < -0.4 is 10.1 Å². The maximum atomic E-state index is 5.15. The summed E-state index contributed by atoms with van der Waals surface area (Å²) >= 11 is 0. The van der Waals surface area contributed by atoms with E-state index in [9.17, 15) is 0 Å². The molecule has 0 saturated heterocycles. The highest BCUT2D eigenvalue weighted by Crippen LogP contribution is 2.21. The van der Waals surface area contributed by atoms with E-state index in [0.29, 0.717) is 11.6 Å². The van der Waals surface area contributed by atoms with E-state index in [-0.39, 0.29) is 0 Å². The monoisotopic (exact) mass is 281 g/mol. The molecule has 1 aromatic carbocycles. The molecule has 2 aromatic heterocycles. The smallest absolute Gasteiger partial charge is 0.153 e. The van der Waals surface area contributed by atoms with E-state index in [0.717, 1.165) is 22.7 Å². The van der Waals surface area contributed by atoms with Crippen molar-refractivity contribution in [2.24, 2.45) is 0 Å². The number of ether oxygens (including phenoxy) is 1. The first-order valence-electron chi connectivity index (χ1n) is 6.50. The van der Waals surface area contributed by atoms with Crippen LogP contribution in [0, 0.1) is 6.92 Å². The third kappa shape index (κ3) is 3.00. The van der Waals surface area contributed by atoms with E-state index in [1.54, 1.807) is 19.5 Å². The van der Waals surface area contributed by atoms with Crippen molar-refractivity contribution in [3.05, 3.63) is 48.4 Å². The lowest BCUT2D eigenvalue weighted by atomic mass is 10.1. The van der Waals surface area contributed by atoms with Crippen LogP contribution in [0.15, 0.2) is 42.7 Å². The van der Waals surface area contributed by atoms with Crippen LogP contribution in [0.5, 0.6) is 5.75 Å². The molecule has 0 bridgehead atoms. The van der Waals surface area contributed by atoms with Crippen LogP contribution in [0.3, 0.4) is 0 Å². The van der Waals surface area contributed by atoms with Gasteiger partial charge < -0.3 is 10.1 Å². The van der Waals surface area contributed by atoms with Crippen molar-refractivity contribution in [1.29, 1.82) is 0 Å². The predicted molar refractivity (Wildman–Crippen MR) is 80.6 cm³/mol. The molecule has 2 heterocycles. The summed E-state index contributed by atoms with van der Waals surface area (Å²) in [4.78, 5) is 8.75. The van der Waals surface area contributed by atoms with Crippen LogP contribution in [0.1, 0.15) is 5.69 Å². The Bertz CT molecular complexity index is 736. The van der Waals surface area contributed by atoms with Gasteiger partial charge in [-0.2, -0.15) is 5.10 Å². The van der Waals surface area contributed by atoms with Gasteiger partial charge in [-0.15, -0.1) is 0 Å². The minimum Gasteiger partial charge on any atom is -0.497 e. The zero-order chi connectivity index (χ0) is 14.7. The van der Waals surface area contributed by atoms with E-state index < -0.39 is 0 Å². The number of anilines is 2. The Labute approximate surface area is 122 Å². The molecule has 0 aliphatic carbocycles. The fraction of sp³-hybridized carbons (Fsp3) is 0.133. The number of hydrogen-bond acceptors (Lipinski definition) is 5. The molecule has 6 nitrogen and oxygen atoms in total. The minimum absolute atomic E-state index is 0.648. The maximum Gasteiger partial charge on any atom is 0.153 e. The summed E-state index contributed by atoms with van der Waals surface area (Å²) in [6.07, 6.45) is 3.39. The molecule has 0 amide bonds. The summed E-state index contributed by atoms with van der Waals surface area (Å²) in [7, 11) is 1.64. The second-order valence-corrected chi connectivity index (χ2v) is 4.58. The van der Waals surface area contributed by atoms with Crippen LogP contribution in [0.25, 0.3) is 11.3 Å². The molecule has 21 heavy (non-hydrogen) atoms. The topological polar surface area (TPSA) is 75.7 Å². The Kier molecular flexibility index (Phi) is 3.51. The number of nitrogens with zero attached hydrogens (tertiary/aromatic N) is 3. The molecule has 6 heteroatoms. The summed E-state index contributed by atoms with van der Waals surface area (Å²) in [5, 5.41) is 10.1. The van der Waals surface area contributed by atoms with Crippen molar-refractivity contribution in [2.75, 3.05) is 12.4 Å². The molecule has 0 radical (unpaired) electrons. The van der Waals surface area contributed by atoms with Crippen molar-refractivity contribution in [2.45, 2.75) is 6.92 Å². The summed E-state index contributed by atoms with van der Waals surface area (Å²) in [5.74, 6) is 2.18. The Morgan fingerprint density at radius 1 is 1.10 bits per heavy atom. The first kappa shape index (κ1) is 13.1. The molecule has 0 fully saturated rings. The SMILES string of the molecule is COc1ccc(-c2cncc(Nc3cc(C)[nH]n3)n2)cc1. The summed E-state index contributed by atoms with van der Waals surface area (Å²) in [6, 6.07) is 9.60. The molecule has 3 aromatic rings. The normalized spacial score (nSPS) is 10.4. The number of methoxy groups -OCH3 is 1. The molecule has 3 rings (SSSR count). The Hall–Kier alpha value is -2.89. The molecular formula is C15H15N5O. The van der Waals surface area contributed by atoms with E-state index in [1.807, 2.05) is 37.3 Å². The number of aromatic nitrogens is 4. The number of H-pyrrole nitrogens is 1. The first-order valence-corrected chi connectivity index (χ1v) is 6.50. The second kappa shape index (κ2) is 5.62. The maximum absolute atomic E-state index is 5.15. The molecule has 106 valence electrons. The Morgan fingerprint density at radius 2 is 1.90 bits per heavy atom. The van der Waals surface area contributed by atoms with Gasteiger partial charge >= 0.3 is 0 Å². The van der Waals surface area contributed by atoms with Crippen molar-refractivity contribution in [1.82, 2.24) is 20.2 Å². The van der Waals surface area contributed by atoms with Crippen LogP contribution in [0.2, 0.25) is 0 Å². The Morgan fingerprint density at radius 3 is 2.57 bits per heavy atom. The van der Waals surface area contributed by atoms with Crippen LogP contribution in [-0.2, 0) is 0 Å². The van der Waals surface area contributed by atoms with E-state index in [1.165, 1.54) is 0 Å². The van der Waals surface area contributed by atoms with Gasteiger partial charge in [0.15, 0.2) is 11.6 Å². The zero-order valence-corrected chi connectivity index (χ0v) is 11.8. The van der Waals surface area contributed by atoms with Crippen molar-refractivity contribution in [3.63, 3.8) is 0 Å². The average molecular weight is 281 g/mol. The van der Waals surface area contributed by atoms with E-state index >= 15 is 0 Å². The summed E-state index contributed by atoms with van der Waals surface area (Å²) in [5.41, 5.74) is 2.75. The van der Waals surface area contributed by atoms with Crippen LogP contribution >= 0.6 is 0 Å². The largest absolute Gasteiger partial charge is 0.497 e. The standard InChI is InChI=1S/C15H15N5O/c1-10-7-14(20-19-10)18-15-9-16-8-13(17-15)11-3-5-12(21-2)6-4-11/h3-9H,1-2H3,(H2,17,18,19,20). The summed E-state index contributed by atoms with van der Waals surface area (Å²) in [6.45, 7) is 1.94. The number of aromatic amines is 1. The highest BCUT2D eigenvalue weighted by atomic mass is 16.5. The van der Waals surface area contributed by atoms with Gasteiger partial charge in [0.1, 0.15) is 5.75 Å². The summed E-state index contributed by atoms with van der Waals surface area (Å²) < 4.78 is 5.15. The third-order valence-electron chi connectivity index (χ3n) is 2.98. The molecule has 0 atom stereocenters. The molecule has 0 saturated carbocycles. The van der Waals surface area contributed by atoms with Crippen molar-refractivity contribution in [3.8, 4) is 17.0 Å². The molecular weight excluding hydrogens is 266 g/mol. The fourth-order valence-corrected chi connectivity index (χ4v) is 1.94. The Balaban J connectivity index is 1.85. The van der Waals surface area contributed by atoms with Crippen molar-refractivity contribution >= 4 is 11.6 Å². The van der Waals surface area contributed by atoms with Crippen LogP contribution in [-0.4, -0.2) is 27.3 Å².